The quantitative estimate of drug-likeness (QED) is 0.515. The van der Waals surface area contributed by atoms with Crippen LogP contribution in [0.3, 0.4) is 0 Å². The van der Waals surface area contributed by atoms with Crippen LogP contribution in [0.5, 0.6) is 0 Å². The van der Waals surface area contributed by atoms with Crippen molar-refractivity contribution in [2.45, 2.75) is 25.8 Å². The predicted octanol–water partition coefficient (Wildman–Crippen LogP) is 1.87. The first-order valence-electron chi connectivity index (χ1n) is 11.3. The molecule has 2 unspecified atom stereocenters. The monoisotopic (exact) mass is 400 g/mol. The second kappa shape index (κ2) is 11.5. The minimum atomic E-state index is 0.403. The van der Waals surface area contributed by atoms with Crippen LogP contribution >= 0.6 is 0 Å². The van der Waals surface area contributed by atoms with Gasteiger partial charge in [0.2, 0.25) is 0 Å². The minimum absolute atomic E-state index is 0.403. The molecule has 0 bridgehead atoms. The van der Waals surface area contributed by atoms with E-state index in [4.69, 9.17) is 0 Å². The molecule has 3 rings (SSSR count). The van der Waals surface area contributed by atoms with Gasteiger partial charge in [-0.1, -0.05) is 37.3 Å². The third-order valence-corrected chi connectivity index (χ3v) is 6.24. The Morgan fingerprint density at radius 2 is 1.62 bits per heavy atom. The molecule has 6 nitrogen and oxygen atoms in total. The number of benzene rings is 1. The number of piperazine rings is 1. The van der Waals surface area contributed by atoms with Crippen molar-refractivity contribution in [1.82, 2.24) is 25.3 Å². The van der Waals surface area contributed by atoms with E-state index >= 15 is 0 Å². The summed E-state index contributed by atoms with van der Waals surface area (Å²) in [5.41, 5.74) is 1.39. The average Bonchev–Trinajstić information content (AvgIpc) is 3.27. The number of nitrogens with one attached hydrogen (secondary N) is 2. The normalized spacial score (nSPS) is 21.8. The van der Waals surface area contributed by atoms with Crippen LogP contribution in [-0.2, 0) is 0 Å². The molecule has 2 fully saturated rings. The van der Waals surface area contributed by atoms with Crippen LogP contribution < -0.4 is 10.6 Å². The summed E-state index contributed by atoms with van der Waals surface area (Å²) in [7, 11) is 4.08. The second-order valence-corrected chi connectivity index (χ2v) is 8.71. The molecule has 2 atom stereocenters. The molecule has 2 saturated heterocycles. The number of hydrogen-bond acceptors (Lipinski definition) is 4. The molecule has 2 aliphatic heterocycles. The van der Waals surface area contributed by atoms with Crippen LogP contribution in [-0.4, -0.2) is 93.7 Å². The lowest BCUT2D eigenvalue weighted by Gasteiger charge is -2.34. The largest absolute Gasteiger partial charge is 0.356 e. The molecule has 0 amide bonds. The Bertz CT molecular complexity index is 605. The van der Waals surface area contributed by atoms with Crippen molar-refractivity contribution in [1.29, 1.82) is 0 Å². The molecule has 2 aliphatic rings. The van der Waals surface area contributed by atoms with Crippen molar-refractivity contribution < 1.29 is 0 Å². The zero-order chi connectivity index (χ0) is 20.5. The lowest BCUT2D eigenvalue weighted by Crippen LogP contribution is -2.48. The van der Waals surface area contributed by atoms with Gasteiger partial charge in [0.25, 0.3) is 0 Å². The molecule has 0 aliphatic carbocycles. The molecule has 2 N–H and O–H groups in total. The number of aliphatic imine (C=N–C) groups is 1. The Hall–Kier alpha value is -1.63. The second-order valence-electron chi connectivity index (χ2n) is 8.71. The fourth-order valence-corrected chi connectivity index (χ4v) is 4.41. The van der Waals surface area contributed by atoms with E-state index in [0.29, 0.717) is 12.0 Å². The molecule has 6 heteroatoms. The highest BCUT2D eigenvalue weighted by Gasteiger charge is 2.23. The van der Waals surface area contributed by atoms with E-state index in [1.165, 1.54) is 57.7 Å². The Kier molecular flexibility index (Phi) is 8.77. The van der Waals surface area contributed by atoms with Crippen LogP contribution in [0.15, 0.2) is 35.3 Å². The van der Waals surface area contributed by atoms with Crippen molar-refractivity contribution >= 4 is 5.96 Å². The van der Waals surface area contributed by atoms with E-state index in [1.807, 2.05) is 7.05 Å². The first kappa shape index (κ1) is 22.1. The molecule has 2 heterocycles. The highest BCUT2D eigenvalue weighted by Crippen LogP contribution is 2.24. The van der Waals surface area contributed by atoms with Gasteiger partial charge in [0.1, 0.15) is 0 Å². The third kappa shape index (κ3) is 6.98. The van der Waals surface area contributed by atoms with Gasteiger partial charge in [0, 0.05) is 52.9 Å². The molecule has 1 aromatic carbocycles. The summed E-state index contributed by atoms with van der Waals surface area (Å²) in [6.07, 6.45) is 2.61. The van der Waals surface area contributed by atoms with Crippen molar-refractivity contribution in [2.24, 2.45) is 10.9 Å². The van der Waals surface area contributed by atoms with Gasteiger partial charge in [-0.05, 0) is 44.5 Å². The van der Waals surface area contributed by atoms with Gasteiger partial charge in [-0.15, -0.1) is 0 Å². The van der Waals surface area contributed by atoms with Gasteiger partial charge in [0.15, 0.2) is 5.96 Å². The molecular formula is C23H40N6. The van der Waals surface area contributed by atoms with Crippen molar-refractivity contribution in [2.75, 3.05) is 73.0 Å². The molecule has 1 aromatic rings. The number of hydrogen-bond donors (Lipinski definition) is 2. The maximum atomic E-state index is 4.46. The minimum Gasteiger partial charge on any atom is -0.356 e. The Morgan fingerprint density at radius 1 is 0.966 bits per heavy atom. The summed E-state index contributed by atoms with van der Waals surface area (Å²) in [5.74, 6) is 1.51. The topological polar surface area (TPSA) is 46.1 Å². The molecule has 0 aromatic heterocycles. The fourth-order valence-electron chi connectivity index (χ4n) is 4.41. The lowest BCUT2D eigenvalue weighted by molar-refractivity contribution is 0.139. The smallest absolute Gasteiger partial charge is 0.191 e. The van der Waals surface area contributed by atoms with E-state index in [0.717, 1.165) is 25.6 Å². The zero-order valence-corrected chi connectivity index (χ0v) is 18.6. The van der Waals surface area contributed by atoms with Gasteiger partial charge in [0.05, 0.1) is 6.04 Å². The van der Waals surface area contributed by atoms with Crippen molar-refractivity contribution in [3.05, 3.63) is 35.9 Å². The summed E-state index contributed by atoms with van der Waals surface area (Å²) in [4.78, 5) is 12.1. The molecule has 29 heavy (non-hydrogen) atoms. The summed E-state index contributed by atoms with van der Waals surface area (Å²) < 4.78 is 0. The Morgan fingerprint density at radius 3 is 2.28 bits per heavy atom. The number of nitrogens with zero attached hydrogens (tertiary/aromatic N) is 4. The zero-order valence-electron chi connectivity index (χ0n) is 18.6. The van der Waals surface area contributed by atoms with Gasteiger partial charge < -0.3 is 20.4 Å². The number of likely N-dealkylation sites (tertiary alicyclic amines) is 1. The number of rotatable bonds is 8. The van der Waals surface area contributed by atoms with E-state index in [1.54, 1.807) is 0 Å². The van der Waals surface area contributed by atoms with Crippen molar-refractivity contribution in [3.63, 3.8) is 0 Å². The molecule has 0 saturated carbocycles. The van der Waals surface area contributed by atoms with E-state index in [9.17, 15) is 0 Å². The van der Waals surface area contributed by atoms with Gasteiger partial charge in [-0.25, -0.2) is 0 Å². The van der Waals surface area contributed by atoms with Crippen molar-refractivity contribution in [3.8, 4) is 0 Å². The standard InChI is InChI=1S/C23H40N6/c1-20(19-28-15-13-27(3)14-16-28)17-25-23(24-2)26-18-22(29-11-7-8-12-29)21-9-5-4-6-10-21/h4-6,9-10,20,22H,7-8,11-19H2,1-3H3,(H2,24,25,26). The van der Waals surface area contributed by atoms with E-state index < -0.39 is 0 Å². The highest BCUT2D eigenvalue weighted by atomic mass is 15.3. The summed E-state index contributed by atoms with van der Waals surface area (Å²) >= 11 is 0. The Balaban J connectivity index is 1.45. The van der Waals surface area contributed by atoms with Gasteiger partial charge in [-0.2, -0.15) is 0 Å². The van der Waals surface area contributed by atoms with Crippen LogP contribution in [0.2, 0.25) is 0 Å². The number of guanidine groups is 1. The molecule has 162 valence electrons. The SMILES string of the molecule is CN=C(NCC(C)CN1CCN(C)CC1)NCC(c1ccccc1)N1CCCC1. The van der Waals surface area contributed by atoms with Gasteiger partial charge in [-0.3, -0.25) is 9.89 Å². The summed E-state index contributed by atoms with van der Waals surface area (Å²) in [6, 6.07) is 11.3. The fraction of sp³-hybridized carbons (Fsp3) is 0.696. The average molecular weight is 401 g/mol. The van der Waals surface area contributed by atoms with Crippen LogP contribution in [0.25, 0.3) is 0 Å². The molecule has 0 radical (unpaired) electrons. The summed E-state index contributed by atoms with van der Waals surface area (Å²) in [5, 5.41) is 7.13. The van der Waals surface area contributed by atoms with E-state index in [-0.39, 0.29) is 0 Å². The first-order valence-corrected chi connectivity index (χ1v) is 11.3. The molecular weight excluding hydrogens is 360 g/mol. The lowest BCUT2D eigenvalue weighted by atomic mass is 10.1. The molecule has 0 spiro atoms. The number of likely N-dealkylation sites (N-methyl/N-ethyl adjacent to an activating group) is 1. The van der Waals surface area contributed by atoms with E-state index in [2.05, 4.69) is 74.6 Å². The highest BCUT2D eigenvalue weighted by molar-refractivity contribution is 5.79. The van der Waals surface area contributed by atoms with Gasteiger partial charge >= 0.3 is 0 Å². The van der Waals surface area contributed by atoms with Crippen LogP contribution in [0, 0.1) is 5.92 Å². The Labute approximate surface area is 177 Å². The van der Waals surface area contributed by atoms with Crippen LogP contribution in [0.4, 0.5) is 0 Å². The maximum absolute atomic E-state index is 4.46. The first-order chi connectivity index (χ1) is 14.2. The maximum Gasteiger partial charge on any atom is 0.191 e. The predicted molar refractivity (Wildman–Crippen MR) is 122 cm³/mol. The van der Waals surface area contributed by atoms with Crippen LogP contribution in [0.1, 0.15) is 31.4 Å². The third-order valence-electron chi connectivity index (χ3n) is 6.24. The summed E-state index contributed by atoms with van der Waals surface area (Å²) in [6.45, 7) is 12.4.